The van der Waals surface area contributed by atoms with Crippen LogP contribution in [-0.4, -0.2) is 47.9 Å². The monoisotopic (exact) mass is 447 g/mol. The van der Waals surface area contributed by atoms with Gasteiger partial charge in [0.1, 0.15) is 6.54 Å². The minimum Gasteiger partial charge on any atom is -0.493 e. The number of hydrogen-bond acceptors (Lipinski definition) is 5. The van der Waals surface area contributed by atoms with E-state index >= 15 is 0 Å². The number of methoxy groups -OCH3 is 2. The van der Waals surface area contributed by atoms with Gasteiger partial charge in [-0.25, -0.2) is 4.68 Å². The molecule has 1 saturated heterocycles. The van der Waals surface area contributed by atoms with Gasteiger partial charge in [0, 0.05) is 24.7 Å². The maximum Gasteiger partial charge on any atom is 0.267 e. The summed E-state index contributed by atoms with van der Waals surface area (Å²) in [6.07, 6.45) is 2.97. The molecular weight excluding hydrogens is 418 g/mol. The Morgan fingerprint density at radius 1 is 0.970 bits per heavy atom. The number of carbonyl (C=O) groups excluding carboxylic acids is 1. The van der Waals surface area contributed by atoms with Gasteiger partial charge in [-0.15, -0.1) is 0 Å². The fraction of sp³-hybridized carbons (Fsp3) is 0.346. The lowest BCUT2D eigenvalue weighted by atomic mass is 9.90. The molecule has 172 valence electrons. The molecule has 1 fully saturated rings. The fourth-order valence-corrected chi connectivity index (χ4v) is 4.27. The molecule has 1 aliphatic heterocycles. The summed E-state index contributed by atoms with van der Waals surface area (Å²) in [5.41, 5.74) is 2.40. The van der Waals surface area contributed by atoms with Gasteiger partial charge in [0.25, 0.3) is 5.56 Å². The van der Waals surface area contributed by atoms with Crippen LogP contribution in [-0.2, 0) is 17.8 Å². The smallest absolute Gasteiger partial charge is 0.267 e. The molecule has 0 N–H and O–H groups in total. The molecule has 7 heteroatoms. The van der Waals surface area contributed by atoms with Crippen molar-refractivity contribution in [2.24, 2.45) is 5.92 Å². The van der Waals surface area contributed by atoms with Crippen LogP contribution in [0, 0.1) is 5.92 Å². The van der Waals surface area contributed by atoms with Gasteiger partial charge in [0.05, 0.1) is 19.9 Å². The minimum absolute atomic E-state index is 0.0662. The van der Waals surface area contributed by atoms with E-state index in [-0.39, 0.29) is 18.0 Å². The molecule has 0 radical (unpaired) electrons. The molecule has 33 heavy (non-hydrogen) atoms. The van der Waals surface area contributed by atoms with Crippen molar-refractivity contribution in [1.29, 1.82) is 0 Å². The van der Waals surface area contributed by atoms with Gasteiger partial charge >= 0.3 is 0 Å². The first-order chi connectivity index (χ1) is 16.1. The quantitative estimate of drug-likeness (QED) is 0.555. The number of aromatic nitrogens is 2. The van der Waals surface area contributed by atoms with Gasteiger partial charge in [-0.05, 0) is 55.0 Å². The molecule has 7 nitrogen and oxygen atoms in total. The van der Waals surface area contributed by atoms with Gasteiger partial charge in [0.2, 0.25) is 5.91 Å². The zero-order chi connectivity index (χ0) is 23.2. The van der Waals surface area contributed by atoms with E-state index in [4.69, 9.17) is 9.47 Å². The van der Waals surface area contributed by atoms with Crippen LogP contribution in [0.3, 0.4) is 0 Å². The Morgan fingerprint density at radius 3 is 2.39 bits per heavy atom. The number of carbonyl (C=O) groups is 1. The molecule has 3 aromatic rings. The highest BCUT2D eigenvalue weighted by molar-refractivity contribution is 5.76. The second kappa shape index (κ2) is 10.3. The number of amides is 1. The van der Waals surface area contributed by atoms with E-state index in [9.17, 15) is 9.59 Å². The van der Waals surface area contributed by atoms with Crippen LogP contribution in [0.25, 0.3) is 11.3 Å². The molecule has 2 aromatic carbocycles. The SMILES string of the molecule is COc1ccc(-c2ccc(=O)n(CC(=O)N3CCC(Cc4ccccc4)CC3)n2)cc1OC. The lowest BCUT2D eigenvalue weighted by Gasteiger charge is -2.32. The van der Waals surface area contributed by atoms with Crippen molar-refractivity contribution >= 4 is 5.91 Å². The molecule has 0 saturated carbocycles. The van der Waals surface area contributed by atoms with E-state index in [0.29, 0.717) is 36.2 Å². The van der Waals surface area contributed by atoms with Crippen molar-refractivity contribution in [3.8, 4) is 22.8 Å². The summed E-state index contributed by atoms with van der Waals surface area (Å²) in [7, 11) is 3.14. The standard InChI is InChI=1S/C26H29N3O4/c1-32-23-10-8-21(17-24(23)33-2)22-9-11-25(30)29(27-22)18-26(31)28-14-12-20(13-15-28)16-19-6-4-3-5-7-19/h3-11,17,20H,12-16,18H2,1-2H3. The normalized spacial score (nSPS) is 14.2. The summed E-state index contributed by atoms with van der Waals surface area (Å²) >= 11 is 0. The summed E-state index contributed by atoms with van der Waals surface area (Å²) < 4.78 is 11.9. The molecule has 1 aliphatic rings. The molecule has 0 spiro atoms. The number of ether oxygens (including phenoxy) is 2. The predicted molar refractivity (Wildman–Crippen MR) is 126 cm³/mol. The molecule has 1 aromatic heterocycles. The zero-order valence-electron chi connectivity index (χ0n) is 19.1. The van der Waals surface area contributed by atoms with Gasteiger partial charge < -0.3 is 14.4 Å². The van der Waals surface area contributed by atoms with E-state index in [0.717, 1.165) is 24.8 Å². The number of rotatable bonds is 7. The Bertz CT molecular complexity index is 1150. The Kier molecular flexibility index (Phi) is 7.07. The Hall–Kier alpha value is -3.61. The largest absolute Gasteiger partial charge is 0.493 e. The van der Waals surface area contributed by atoms with Crippen molar-refractivity contribution in [1.82, 2.24) is 14.7 Å². The van der Waals surface area contributed by atoms with Crippen molar-refractivity contribution in [2.75, 3.05) is 27.3 Å². The molecule has 4 rings (SSSR count). The second-order valence-electron chi connectivity index (χ2n) is 8.30. The third-order valence-corrected chi connectivity index (χ3v) is 6.17. The summed E-state index contributed by atoms with van der Waals surface area (Å²) in [6, 6.07) is 19.0. The summed E-state index contributed by atoms with van der Waals surface area (Å²) in [4.78, 5) is 27.1. The zero-order valence-corrected chi connectivity index (χ0v) is 19.1. The van der Waals surface area contributed by atoms with E-state index in [2.05, 4.69) is 29.4 Å². The topological polar surface area (TPSA) is 73.7 Å². The maximum atomic E-state index is 12.9. The summed E-state index contributed by atoms with van der Waals surface area (Å²) in [5, 5.41) is 4.44. The highest BCUT2D eigenvalue weighted by Gasteiger charge is 2.23. The first-order valence-electron chi connectivity index (χ1n) is 11.2. The average Bonchev–Trinajstić information content (AvgIpc) is 2.86. The van der Waals surface area contributed by atoms with E-state index < -0.39 is 0 Å². The number of piperidine rings is 1. The second-order valence-corrected chi connectivity index (χ2v) is 8.30. The molecular formula is C26H29N3O4. The molecule has 2 heterocycles. The van der Waals surface area contributed by atoms with E-state index in [1.807, 2.05) is 17.0 Å². The summed E-state index contributed by atoms with van der Waals surface area (Å²) in [5.74, 6) is 1.68. The lowest BCUT2D eigenvalue weighted by molar-refractivity contribution is -0.133. The van der Waals surface area contributed by atoms with Crippen molar-refractivity contribution in [3.63, 3.8) is 0 Å². The van der Waals surface area contributed by atoms with Gasteiger partial charge in [-0.1, -0.05) is 30.3 Å². The van der Waals surface area contributed by atoms with Crippen LogP contribution < -0.4 is 15.0 Å². The first kappa shape index (κ1) is 22.6. The van der Waals surface area contributed by atoms with E-state index in [1.165, 1.54) is 16.3 Å². The Labute approximate surface area is 193 Å². The van der Waals surface area contributed by atoms with Crippen LogP contribution in [0.4, 0.5) is 0 Å². The van der Waals surface area contributed by atoms with Crippen molar-refractivity contribution < 1.29 is 14.3 Å². The minimum atomic E-state index is -0.299. The lowest BCUT2D eigenvalue weighted by Crippen LogP contribution is -2.42. The number of benzene rings is 2. The molecule has 0 unspecified atom stereocenters. The van der Waals surface area contributed by atoms with Crippen LogP contribution in [0.15, 0.2) is 65.5 Å². The highest BCUT2D eigenvalue weighted by atomic mass is 16.5. The molecule has 0 bridgehead atoms. The number of nitrogens with zero attached hydrogens (tertiary/aromatic N) is 3. The molecule has 0 atom stereocenters. The van der Waals surface area contributed by atoms with Crippen LogP contribution in [0.5, 0.6) is 11.5 Å². The van der Waals surface area contributed by atoms with Crippen LogP contribution in [0.1, 0.15) is 18.4 Å². The highest BCUT2D eigenvalue weighted by Crippen LogP contribution is 2.31. The van der Waals surface area contributed by atoms with Crippen molar-refractivity contribution in [2.45, 2.75) is 25.8 Å². The van der Waals surface area contributed by atoms with Crippen LogP contribution >= 0.6 is 0 Å². The molecule has 0 aliphatic carbocycles. The summed E-state index contributed by atoms with van der Waals surface area (Å²) in [6.45, 7) is 1.35. The average molecular weight is 448 g/mol. The predicted octanol–water partition coefficient (Wildman–Crippen LogP) is 3.41. The Balaban J connectivity index is 1.41. The third-order valence-electron chi connectivity index (χ3n) is 6.17. The van der Waals surface area contributed by atoms with Gasteiger partial charge in [-0.2, -0.15) is 5.10 Å². The van der Waals surface area contributed by atoms with Crippen molar-refractivity contribution in [3.05, 3.63) is 76.6 Å². The fourth-order valence-electron chi connectivity index (χ4n) is 4.27. The van der Waals surface area contributed by atoms with E-state index in [1.54, 1.807) is 32.4 Å². The van der Waals surface area contributed by atoms with Gasteiger partial charge in [0.15, 0.2) is 11.5 Å². The number of likely N-dealkylation sites (tertiary alicyclic amines) is 1. The Morgan fingerprint density at radius 2 is 1.70 bits per heavy atom. The first-order valence-corrected chi connectivity index (χ1v) is 11.2. The van der Waals surface area contributed by atoms with Crippen LogP contribution in [0.2, 0.25) is 0 Å². The number of hydrogen-bond donors (Lipinski definition) is 0. The molecule has 1 amide bonds. The maximum absolute atomic E-state index is 12.9. The van der Waals surface area contributed by atoms with Gasteiger partial charge in [-0.3, -0.25) is 9.59 Å². The third kappa shape index (κ3) is 5.42.